The van der Waals surface area contributed by atoms with E-state index in [2.05, 4.69) is 10.5 Å². The van der Waals surface area contributed by atoms with E-state index >= 15 is 0 Å². The van der Waals surface area contributed by atoms with Crippen LogP contribution in [0.1, 0.15) is 33.4 Å². The number of hydrogen-bond donors (Lipinski definition) is 1. The third kappa shape index (κ3) is 3.68. The predicted octanol–water partition coefficient (Wildman–Crippen LogP) is 4.25. The minimum atomic E-state index is -0.611. The van der Waals surface area contributed by atoms with E-state index in [-0.39, 0.29) is 11.5 Å². The number of amides is 1. The lowest BCUT2D eigenvalue weighted by Gasteiger charge is -2.17. The van der Waals surface area contributed by atoms with Crippen molar-refractivity contribution >= 4 is 45.0 Å². The molecule has 0 aliphatic heterocycles. The standard InChI is InChI=1S/C22H20N4O3S2/c1-12-11-16(25-29-12)23-19(27)18(13-7-4-3-5-8-13)31-22-24-20-17(21(28)26(22)2)14-9-6-10-15(14)30-20/h3-5,7-8,11,18H,6,9-10H2,1-2H3,(H,23,25,27). The van der Waals surface area contributed by atoms with Gasteiger partial charge in [0, 0.05) is 18.0 Å². The number of carbonyl (C=O) groups excluding carboxylic acids is 1. The normalized spacial score (nSPS) is 14.0. The van der Waals surface area contributed by atoms with Crippen LogP contribution in [0.25, 0.3) is 10.2 Å². The van der Waals surface area contributed by atoms with E-state index < -0.39 is 5.25 Å². The first-order chi connectivity index (χ1) is 15.0. The van der Waals surface area contributed by atoms with Gasteiger partial charge in [-0.05, 0) is 37.3 Å². The maximum atomic E-state index is 13.2. The van der Waals surface area contributed by atoms with E-state index in [1.54, 1.807) is 35.9 Å². The van der Waals surface area contributed by atoms with Gasteiger partial charge < -0.3 is 9.84 Å². The molecule has 5 rings (SSSR count). The zero-order chi connectivity index (χ0) is 21.5. The second kappa shape index (κ2) is 7.97. The van der Waals surface area contributed by atoms with Gasteiger partial charge in [-0.25, -0.2) is 4.98 Å². The highest BCUT2D eigenvalue weighted by Gasteiger charge is 2.27. The largest absolute Gasteiger partial charge is 0.360 e. The molecule has 0 bridgehead atoms. The number of thiophene rings is 1. The first kappa shape index (κ1) is 20.0. The van der Waals surface area contributed by atoms with Gasteiger partial charge in [-0.2, -0.15) is 0 Å². The van der Waals surface area contributed by atoms with Crippen LogP contribution in [0, 0.1) is 6.92 Å². The summed E-state index contributed by atoms with van der Waals surface area (Å²) in [5, 5.41) is 7.30. The summed E-state index contributed by atoms with van der Waals surface area (Å²) < 4.78 is 6.61. The Labute approximate surface area is 186 Å². The van der Waals surface area contributed by atoms with Crippen molar-refractivity contribution in [3.05, 3.63) is 68.5 Å². The molecule has 0 fully saturated rings. The third-order valence-corrected chi connectivity index (χ3v) is 7.83. The fourth-order valence-electron chi connectivity index (χ4n) is 3.83. The molecule has 1 N–H and O–H groups in total. The van der Waals surface area contributed by atoms with Crippen LogP contribution in [-0.4, -0.2) is 20.6 Å². The number of hydrogen-bond acceptors (Lipinski definition) is 7. The van der Waals surface area contributed by atoms with Crippen LogP contribution in [0.3, 0.4) is 0 Å². The second-order valence-corrected chi connectivity index (χ2v) is 9.67. The highest BCUT2D eigenvalue weighted by atomic mass is 32.2. The zero-order valence-corrected chi connectivity index (χ0v) is 18.7. The average molecular weight is 453 g/mol. The predicted molar refractivity (Wildman–Crippen MR) is 122 cm³/mol. The molecule has 0 saturated heterocycles. The monoisotopic (exact) mass is 452 g/mol. The van der Waals surface area contributed by atoms with Gasteiger partial charge in [0.15, 0.2) is 11.0 Å². The number of aryl methyl sites for hydroxylation is 3. The summed E-state index contributed by atoms with van der Waals surface area (Å²) in [6.45, 7) is 1.76. The third-order valence-electron chi connectivity index (χ3n) is 5.35. The molecule has 1 unspecified atom stereocenters. The summed E-state index contributed by atoms with van der Waals surface area (Å²) in [5.74, 6) is 0.711. The van der Waals surface area contributed by atoms with Crippen molar-refractivity contribution in [2.45, 2.75) is 36.6 Å². The van der Waals surface area contributed by atoms with Crippen molar-refractivity contribution in [2.24, 2.45) is 7.05 Å². The number of benzene rings is 1. The zero-order valence-electron chi connectivity index (χ0n) is 17.0. The fraction of sp³-hybridized carbons (Fsp3) is 0.273. The van der Waals surface area contributed by atoms with E-state index in [0.717, 1.165) is 40.6 Å². The van der Waals surface area contributed by atoms with Gasteiger partial charge in [0.05, 0.1) is 5.39 Å². The van der Waals surface area contributed by atoms with Gasteiger partial charge in [-0.15, -0.1) is 11.3 Å². The van der Waals surface area contributed by atoms with Gasteiger partial charge in [0.1, 0.15) is 15.8 Å². The number of aromatic nitrogens is 3. The number of nitrogens with one attached hydrogen (secondary N) is 1. The molecule has 1 aromatic carbocycles. The topological polar surface area (TPSA) is 90.0 Å². The molecule has 3 aromatic heterocycles. The van der Waals surface area contributed by atoms with Crippen LogP contribution >= 0.6 is 23.1 Å². The summed E-state index contributed by atoms with van der Waals surface area (Å²) in [6, 6.07) is 11.1. The lowest BCUT2D eigenvalue weighted by Crippen LogP contribution is -2.23. The minimum Gasteiger partial charge on any atom is -0.360 e. The van der Waals surface area contributed by atoms with Crippen LogP contribution < -0.4 is 10.9 Å². The van der Waals surface area contributed by atoms with E-state index in [9.17, 15) is 9.59 Å². The summed E-state index contributed by atoms with van der Waals surface area (Å²) in [6.07, 6.45) is 3.04. The number of rotatable bonds is 5. The molecular weight excluding hydrogens is 432 g/mol. The molecule has 7 nitrogen and oxygen atoms in total. The van der Waals surface area contributed by atoms with Gasteiger partial charge in [-0.1, -0.05) is 47.3 Å². The van der Waals surface area contributed by atoms with E-state index in [1.807, 2.05) is 30.3 Å². The molecular formula is C22H20N4O3S2. The smallest absolute Gasteiger partial charge is 0.262 e. The van der Waals surface area contributed by atoms with Crippen LogP contribution in [0.5, 0.6) is 0 Å². The average Bonchev–Trinajstić information content (AvgIpc) is 3.46. The summed E-state index contributed by atoms with van der Waals surface area (Å²) in [5.41, 5.74) is 1.92. The maximum absolute atomic E-state index is 13.2. The van der Waals surface area contributed by atoms with Crippen molar-refractivity contribution in [3.8, 4) is 0 Å². The van der Waals surface area contributed by atoms with Gasteiger partial charge in [0.25, 0.3) is 5.56 Å². The molecule has 31 heavy (non-hydrogen) atoms. The Morgan fingerprint density at radius 2 is 2.10 bits per heavy atom. The SMILES string of the molecule is Cc1cc(NC(=O)C(Sc2nc3sc4c(c3c(=O)n2C)CCC4)c2ccccc2)no1. The first-order valence-corrected chi connectivity index (χ1v) is 11.7. The first-order valence-electron chi connectivity index (χ1n) is 9.98. The van der Waals surface area contributed by atoms with Crippen molar-refractivity contribution in [3.63, 3.8) is 0 Å². The molecule has 1 amide bonds. The molecule has 9 heteroatoms. The number of nitrogens with zero attached hydrogens (tertiary/aromatic N) is 3. The van der Waals surface area contributed by atoms with E-state index in [0.29, 0.717) is 16.7 Å². The Morgan fingerprint density at radius 3 is 2.84 bits per heavy atom. The van der Waals surface area contributed by atoms with Crippen molar-refractivity contribution < 1.29 is 9.32 Å². The summed E-state index contributed by atoms with van der Waals surface area (Å²) in [7, 11) is 1.72. The minimum absolute atomic E-state index is 0.0498. The molecule has 1 atom stereocenters. The quantitative estimate of drug-likeness (QED) is 0.360. The van der Waals surface area contributed by atoms with Crippen LogP contribution in [0.15, 0.2) is 50.9 Å². The van der Waals surface area contributed by atoms with Crippen molar-refractivity contribution in [2.75, 3.05) is 5.32 Å². The Balaban J connectivity index is 1.53. The molecule has 0 radical (unpaired) electrons. The van der Waals surface area contributed by atoms with Gasteiger partial charge in [-0.3, -0.25) is 14.2 Å². The highest BCUT2D eigenvalue weighted by Crippen LogP contribution is 2.38. The molecule has 158 valence electrons. The highest BCUT2D eigenvalue weighted by molar-refractivity contribution is 8.00. The van der Waals surface area contributed by atoms with Gasteiger partial charge in [0.2, 0.25) is 5.91 Å². The van der Waals surface area contributed by atoms with E-state index in [1.165, 1.54) is 16.6 Å². The van der Waals surface area contributed by atoms with Crippen molar-refractivity contribution in [1.82, 2.24) is 14.7 Å². The second-order valence-electron chi connectivity index (χ2n) is 7.52. The molecule has 0 spiro atoms. The molecule has 1 aliphatic rings. The summed E-state index contributed by atoms with van der Waals surface area (Å²) >= 11 is 2.86. The number of anilines is 1. The molecule has 0 saturated carbocycles. The Hall–Kier alpha value is -2.91. The Kier molecular flexibility index (Phi) is 5.15. The Bertz CT molecular complexity index is 1340. The summed E-state index contributed by atoms with van der Waals surface area (Å²) in [4.78, 5) is 33.1. The number of carbonyl (C=O) groups is 1. The van der Waals surface area contributed by atoms with Gasteiger partial charge >= 0.3 is 0 Å². The lowest BCUT2D eigenvalue weighted by molar-refractivity contribution is -0.115. The lowest BCUT2D eigenvalue weighted by atomic mass is 10.1. The number of thioether (sulfide) groups is 1. The van der Waals surface area contributed by atoms with Crippen LogP contribution in [0.4, 0.5) is 5.82 Å². The molecule has 4 aromatic rings. The molecule has 3 heterocycles. The Morgan fingerprint density at radius 1 is 1.29 bits per heavy atom. The number of fused-ring (bicyclic) bond motifs is 3. The van der Waals surface area contributed by atoms with E-state index in [4.69, 9.17) is 9.51 Å². The van der Waals surface area contributed by atoms with Crippen LogP contribution in [0.2, 0.25) is 0 Å². The van der Waals surface area contributed by atoms with Crippen molar-refractivity contribution in [1.29, 1.82) is 0 Å². The maximum Gasteiger partial charge on any atom is 0.262 e. The molecule has 1 aliphatic carbocycles. The fourth-order valence-corrected chi connectivity index (χ4v) is 6.20. The van der Waals surface area contributed by atoms with Crippen LogP contribution in [-0.2, 0) is 24.7 Å².